The van der Waals surface area contributed by atoms with Gasteiger partial charge in [-0.05, 0) is 82.2 Å². The zero-order chi connectivity index (χ0) is 32.0. The van der Waals surface area contributed by atoms with Gasteiger partial charge in [-0.1, -0.05) is 26.5 Å². The molecule has 10 heteroatoms. The summed E-state index contributed by atoms with van der Waals surface area (Å²) in [5.74, 6) is 0.886. The highest BCUT2D eigenvalue weighted by Crippen LogP contribution is 2.36. The first-order valence-corrected chi connectivity index (χ1v) is 15.6. The zero-order valence-corrected chi connectivity index (χ0v) is 26.9. The molecule has 0 radical (unpaired) electrons. The van der Waals surface area contributed by atoms with Crippen LogP contribution in [0.5, 0.6) is 5.75 Å². The van der Waals surface area contributed by atoms with Crippen LogP contribution in [0.15, 0.2) is 49.2 Å². The molecule has 1 fully saturated rings. The summed E-state index contributed by atoms with van der Waals surface area (Å²) in [5.41, 5.74) is 2.71. The largest absolute Gasteiger partial charge is 0.488 e. The number of benzene rings is 1. The van der Waals surface area contributed by atoms with E-state index in [1.807, 2.05) is 37.1 Å². The molecule has 1 aliphatic rings. The van der Waals surface area contributed by atoms with E-state index in [1.165, 1.54) is 6.08 Å². The Morgan fingerprint density at radius 1 is 1.23 bits per heavy atom. The molecule has 1 N–H and O–H groups in total. The zero-order valence-electron chi connectivity index (χ0n) is 26.9. The van der Waals surface area contributed by atoms with Crippen LogP contribution in [0.25, 0.3) is 11.0 Å². The van der Waals surface area contributed by atoms with Crippen LogP contribution >= 0.6 is 0 Å². The van der Waals surface area contributed by atoms with Gasteiger partial charge in [-0.25, -0.2) is 4.98 Å². The molecular formula is C34H46N6O4. The van der Waals surface area contributed by atoms with Gasteiger partial charge in [0.2, 0.25) is 17.8 Å². The van der Waals surface area contributed by atoms with Crippen molar-refractivity contribution >= 4 is 34.7 Å². The molecule has 0 saturated carbocycles. The number of nitrogens with one attached hydrogen (secondary N) is 1. The fourth-order valence-corrected chi connectivity index (χ4v) is 6.10. The number of hydrogen-bond donors (Lipinski definition) is 1. The number of imidazole rings is 1. The molecule has 3 heterocycles. The summed E-state index contributed by atoms with van der Waals surface area (Å²) < 4.78 is 8.83. The van der Waals surface area contributed by atoms with E-state index in [-0.39, 0.29) is 41.8 Å². The summed E-state index contributed by atoms with van der Waals surface area (Å²) >= 11 is 0. The number of nitrogens with zero attached hydrogens (tertiary/aromatic N) is 5. The number of fused-ring (bicyclic) bond motifs is 1. The third kappa shape index (κ3) is 7.46. The predicted molar refractivity (Wildman–Crippen MR) is 173 cm³/mol. The van der Waals surface area contributed by atoms with Gasteiger partial charge in [-0.3, -0.25) is 24.7 Å². The van der Waals surface area contributed by atoms with Crippen molar-refractivity contribution in [3.8, 4) is 5.75 Å². The summed E-state index contributed by atoms with van der Waals surface area (Å²) in [7, 11) is 1.83. The number of pyridine rings is 1. The molecule has 236 valence electrons. The van der Waals surface area contributed by atoms with E-state index in [4.69, 9.17) is 9.72 Å². The number of aryl methyl sites for hydroxylation is 1. The summed E-state index contributed by atoms with van der Waals surface area (Å²) in [4.78, 5) is 50.8. The van der Waals surface area contributed by atoms with Gasteiger partial charge in [0.25, 0.3) is 5.91 Å². The highest BCUT2D eigenvalue weighted by Gasteiger charge is 2.29. The molecular weight excluding hydrogens is 556 g/mol. The Morgan fingerprint density at radius 3 is 2.68 bits per heavy atom. The van der Waals surface area contributed by atoms with E-state index in [9.17, 15) is 14.4 Å². The molecule has 0 spiro atoms. The number of para-hydroxylation sites is 1. The lowest BCUT2D eigenvalue weighted by Gasteiger charge is -2.31. The fraction of sp³-hybridized carbons (Fsp3) is 0.500. The normalized spacial score (nSPS) is 17.3. The average molecular weight is 603 g/mol. The first kappa shape index (κ1) is 32.7. The van der Waals surface area contributed by atoms with Crippen molar-refractivity contribution in [3.05, 3.63) is 60.4 Å². The quantitative estimate of drug-likeness (QED) is 0.279. The molecule has 1 unspecified atom stereocenters. The summed E-state index contributed by atoms with van der Waals surface area (Å²) in [6, 6.07) is 9.12. The molecule has 1 aliphatic heterocycles. The molecule has 0 bridgehead atoms. The Morgan fingerprint density at radius 2 is 2.00 bits per heavy atom. The number of ether oxygens (including phenoxy) is 1. The number of carbonyl (C=O) groups excluding carboxylic acids is 3. The lowest BCUT2D eigenvalue weighted by molar-refractivity contribution is -0.129. The Hall–Kier alpha value is -4.21. The van der Waals surface area contributed by atoms with Crippen molar-refractivity contribution in [2.24, 2.45) is 5.92 Å². The van der Waals surface area contributed by atoms with Crippen molar-refractivity contribution in [3.63, 3.8) is 0 Å². The summed E-state index contributed by atoms with van der Waals surface area (Å²) in [6.07, 6.45) is 7.03. The van der Waals surface area contributed by atoms with Crippen molar-refractivity contribution in [1.82, 2.24) is 24.3 Å². The lowest BCUT2D eigenvalue weighted by atomic mass is 9.94. The molecule has 1 saturated heterocycles. The first-order chi connectivity index (χ1) is 21.0. The minimum absolute atomic E-state index is 0.0382. The number of likely N-dealkylation sites (tertiary alicyclic amines) is 1. The van der Waals surface area contributed by atoms with Crippen LogP contribution < -0.4 is 10.1 Å². The number of amides is 3. The molecule has 44 heavy (non-hydrogen) atoms. The van der Waals surface area contributed by atoms with Crippen LogP contribution in [0.4, 0.5) is 5.95 Å². The maximum Gasteiger partial charge on any atom is 0.258 e. The van der Waals surface area contributed by atoms with Crippen LogP contribution in [0.1, 0.15) is 81.9 Å². The second kappa shape index (κ2) is 14.5. The molecule has 2 aromatic heterocycles. The van der Waals surface area contributed by atoms with Crippen molar-refractivity contribution < 1.29 is 19.1 Å². The van der Waals surface area contributed by atoms with Gasteiger partial charge in [0.15, 0.2) is 0 Å². The van der Waals surface area contributed by atoms with Crippen LogP contribution in [0.2, 0.25) is 0 Å². The lowest BCUT2D eigenvalue weighted by Crippen LogP contribution is -2.37. The van der Waals surface area contributed by atoms with Crippen LogP contribution in [-0.4, -0.2) is 74.3 Å². The number of hydrogen-bond acceptors (Lipinski definition) is 6. The molecule has 10 nitrogen and oxygen atoms in total. The van der Waals surface area contributed by atoms with Crippen molar-refractivity contribution in [2.45, 2.75) is 84.9 Å². The smallest absolute Gasteiger partial charge is 0.258 e. The van der Waals surface area contributed by atoms with E-state index in [0.29, 0.717) is 35.9 Å². The minimum Gasteiger partial charge on any atom is -0.488 e. The number of rotatable bonds is 11. The average Bonchev–Trinajstić information content (AvgIpc) is 3.19. The van der Waals surface area contributed by atoms with Crippen molar-refractivity contribution in [1.29, 1.82) is 0 Å². The molecule has 3 amide bonds. The van der Waals surface area contributed by atoms with Gasteiger partial charge in [0.1, 0.15) is 17.4 Å². The van der Waals surface area contributed by atoms with Crippen LogP contribution in [-0.2, 0) is 9.59 Å². The highest BCUT2D eigenvalue weighted by molar-refractivity contribution is 6.04. The maximum atomic E-state index is 13.4. The van der Waals surface area contributed by atoms with Crippen LogP contribution in [0, 0.1) is 12.8 Å². The Balaban J connectivity index is 1.76. The number of anilines is 1. The summed E-state index contributed by atoms with van der Waals surface area (Å²) in [5, 5.41) is 3.05. The standard InChI is InChI=1S/C34H46N6O4/c1-8-29(22(3)19-24(5)38(7)25(6)41)44-30-15-12-14-28-32(30)40(27-13-10-11-18-39(21-27)31(42)9-2)34(36-28)37-33(43)26-16-17-35-23(4)20-26/h9,12,14-17,20,22,24,27,29H,2,8,10-11,13,18-19,21H2,1,3-7H3,(H,36,37,43)/t22?,24-,27-,29-/m1/s1. The van der Waals surface area contributed by atoms with E-state index in [1.54, 1.807) is 30.2 Å². The first-order valence-electron chi connectivity index (χ1n) is 15.6. The second-order valence-corrected chi connectivity index (χ2v) is 12.0. The molecule has 0 aliphatic carbocycles. The van der Waals surface area contributed by atoms with Crippen molar-refractivity contribution in [2.75, 3.05) is 25.5 Å². The number of aromatic nitrogens is 3. The van der Waals surface area contributed by atoms with E-state index >= 15 is 0 Å². The Kier molecular flexibility index (Phi) is 10.8. The topological polar surface area (TPSA) is 110 Å². The van der Waals surface area contributed by atoms with Gasteiger partial charge < -0.3 is 19.1 Å². The number of carbonyl (C=O) groups is 3. The van der Waals surface area contributed by atoms with E-state index in [0.717, 1.165) is 43.3 Å². The third-order valence-electron chi connectivity index (χ3n) is 8.74. The van der Waals surface area contributed by atoms with Gasteiger partial charge in [0, 0.05) is 50.6 Å². The van der Waals surface area contributed by atoms with E-state index in [2.05, 4.69) is 42.2 Å². The Labute approximate surface area is 260 Å². The van der Waals surface area contributed by atoms with Crippen LogP contribution in [0.3, 0.4) is 0 Å². The third-order valence-corrected chi connectivity index (χ3v) is 8.74. The highest BCUT2D eigenvalue weighted by atomic mass is 16.5. The second-order valence-electron chi connectivity index (χ2n) is 12.0. The minimum atomic E-state index is -0.286. The van der Waals surface area contributed by atoms with Gasteiger partial charge in [0.05, 0.1) is 11.6 Å². The molecule has 4 rings (SSSR count). The maximum absolute atomic E-state index is 13.4. The van der Waals surface area contributed by atoms with Gasteiger partial charge >= 0.3 is 0 Å². The monoisotopic (exact) mass is 602 g/mol. The SMILES string of the molecule is C=CC(=O)N1CCCC[C@@H](n2c(NC(=O)c3ccnc(C)c3)nc3cccc(O[C@H](CC)C(C)C[C@@H](C)N(C)C(C)=O)c32)C1. The van der Waals surface area contributed by atoms with E-state index < -0.39 is 0 Å². The molecule has 1 aromatic carbocycles. The van der Waals surface area contributed by atoms with Gasteiger partial charge in [-0.15, -0.1) is 0 Å². The Bertz CT molecular complexity index is 1500. The predicted octanol–water partition coefficient (Wildman–Crippen LogP) is 5.78. The summed E-state index contributed by atoms with van der Waals surface area (Å²) in [6.45, 7) is 14.6. The molecule has 4 atom stereocenters. The molecule has 3 aromatic rings. The van der Waals surface area contributed by atoms with Gasteiger partial charge in [-0.2, -0.15) is 0 Å². The fourth-order valence-electron chi connectivity index (χ4n) is 6.10.